The molecule has 2 rings (SSSR count). The molecule has 27 heavy (non-hydrogen) atoms. The van der Waals surface area contributed by atoms with Gasteiger partial charge >= 0.3 is 0 Å². The van der Waals surface area contributed by atoms with Gasteiger partial charge in [-0.3, -0.25) is 25.8 Å². The van der Waals surface area contributed by atoms with Gasteiger partial charge in [-0.1, -0.05) is 32.0 Å². The third kappa shape index (κ3) is 6.65. The van der Waals surface area contributed by atoms with Gasteiger partial charge in [-0.25, -0.2) is 0 Å². The van der Waals surface area contributed by atoms with Crippen molar-refractivity contribution < 1.29 is 14.3 Å². The molecule has 2 aromatic carbocycles. The SMILES string of the molecule is CC(C)COc1ccc(C(=O)NC(=S)NNC(=O)c2ccccc2)cc1Br. The molecule has 0 saturated carbocycles. The summed E-state index contributed by atoms with van der Waals surface area (Å²) >= 11 is 8.43. The molecule has 0 aliphatic carbocycles. The Morgan fingerprint density at radius 1 is 1.04 bits per heavy atom. The number of benzene rings is 2. The standard InChI is InChI=1S/C19H20BrN3O3S/c1-12(2)11-26-16-9-8-14(10-15(16)20)17(24)21-19(27)23-22-18(25)13-6-4-3-5-7-13/h3-10,12H,11H2,1-2H3,(H,22,25)(H2,21,23,24,27). The summed E-state index contributed by atoms with van der Waals surface area (Å²) in [6.07, 6.45) is 0. The maximum atomic E-state index is 12.3. The van der Waals surface area contributed by atoms with Crippen LogP contribution in [0, 0.1) is 5.92 Å². The fraction of sp³-hybridized carbons (Fsp3) is 0.211. The van der Waals surface area contributed by atoms with E-state index in [1.807, 2.05) is 6.07 Å². The Hall–Kier alpha value is -2.45. The summed E-state index contributed by atoms with van der Waals surface area (Å²) in [4.78, 5) is 24.2. The van der Waals surface area contributed by atoms with Gasteiger partial charge in [0.15, 0.2) is 5.11 Å². The number of amides is 2. The molecule has 3 N–H and O–H groups in total. The van der Waals surface area contributed by atoms with Gasteiger partial charge in [-0.05, 0) is 64.4 Å². The number of hydrogen-bond donors (Lipinski definition) is 3. The molecule has 0 fully saturated rings. The van der Waals surface area contributed by atoms with Crippen molar-refractivity contribution in [2.75, 3.05) is 6.61 Å². The summed E-state index contributed by atoms with van der Waals surface area (Å²) in [6.45, 7) is 4.69. The third-order valence-electron chi connectivity index (χ3n) is 3.32. The van der Waals surface area contributed by atoms with E-state index in [-0.39, 0.29) is 11.0 Å². The quantitative estimate of drug-likeness (QED) is 0.481. The van der Waals surface area contributed by atoms with Gasteiger partial charge in [0.25, 0.3) is 11.8 Å². The lowest BCUT2D eigenvalue weighted by Gasteiger charge is -2.13. The van der Waals surface area contributed by atoms with Crippen LogP contribution in [0.2, 0.25) is 0 Å². The van der Waals surface area contributed by atoms with Crippen LogP contribution in [-0.4, -0.2) is 23.5 Å². The molecule has 142 valence electrons. The summed E-state index contributed by atoms with van der Waals surface area (Å²) in [6, 6.07) is 13.7. The highest BCUT2D eigenvalue weighted by Crippen LogP contribution is 2.26. The van der Waals surface area contributed by atoms with Crippen LogP contribution in [0.4, 0.5) is 0 Å². The molecule has 0 atom stereocenters. The Balaban J connectivity index is 1.87. The average molecular weight is 450 g/mol. The molecule has 0 radical (unpaired) electrons. The number of nitrogens with one attached hydrogen (secondary N) is 3. The smallest absolute Gasteiger partial charge is 0.269 e. The van der Waals surface area contributed by atoms with Crippen molar-refractivity contribution in [2.45, 2.75) is 13.8 Å². The van der Waals surface area contributed by atoms with E-state index >= 15 is 0 Å². The molecule has 0 heterocycles. The molecule has 0 unspecified atom stereocenters. The number of rotatable bonds is 5. The van der Waals surface area contributed by atoms with E-state index in [0.29, 0.717) is 33.9 Å². The minimum Gasteiger partial charge on any atom is -0.492 e. The van der Waals surface area contributed by atoms with Gasteiger partial charge in [0, 0.05) is 11.1 Å². The number of carbonyl (C=O) groups is 2. The lowest BCUT2D eigenvalue weighted by atomic mass is 10.2. The predicted molar refractivity (Wildman–Crippen MR) is 112 cm³/mol. The predicted octanol–water partition coefficient (Wildman–Crippen LogP) is 3.43. The normalized spacial score (nSPS) is 10.2. The van der Waals surface area contributed by atoms with Crippen molar-refractivity contribution >= 4 is 45.1 Å². The van der Waals surface area contributed by atoms with Crippen LogP contribution in [0.25, 0.3) is 0 Å². The number of hydrazine groups is 1. The van der Waals surface area contributed by atoms with Gasteiger partial charge in [-0.2, -0.15) is 0 Å². The highest BCUT2D eigenvalue weighted by Gasteiger charge is 2.12. The van der Waals surface area contributed by atoms with Gasteiger partial charge in [0.1, 0.15) is 5.75 Å². The Morgan fingerprint density at radius 3 is 2.37 bits per heavy atom. The van der Waals surface area contributed by atoms with Crippen LogP contribution in [0.3, 0.4) is 0 Å². The van der Waals surface area contributed by atoms with Crippen molar-refractivity contribution in [3.63, 3.8) is 0 Å². The molecular weight excluding hydrogens is 430 g/mol. The van der Waals surface area contributed by atoms with Crippen molar-refractivity contribution in [2.24, 2.45) is 5.92 Å². The fourth-order valence-electron chi connectivity index (χ4n) is 2.00. The Morgan fingerprint density at radius 2 is 1.74 bits per heavy atom. The maximum absolute atomic E-state index is 12.3. The van der Waals surface area contributed by atoms with Crippen molar-refractivity contribution in [1.82, 2.24) is 16.2 Å². The lowest BCUT2D eigenvalue weighted by molar-refractivity contribution is 0.0934. The second-order valence-electron chi connectivity index (χ2n) is 6.08. The van der Waals surface area contributed by atoms with Crippen LogP contribution >= 0.6 is 28.1 Å². The van der Waals surface area contributed by atoms with Crippen LogP contribution in [0.15, 0.2) is 53.0 Å². The monoisotopic (exact) mass is 449 g/mol. The topological polar surface area (TPSA) is 79.5 Å². The molecule has 0 bridgehead atoms. The van der Waals surface area contributed by atoms with E-state index in [9.17, 15) is 9.59 Å². The first-order valence-electron chi connectivity index (χ1n) is 8.26. The first-order valence-corrected chi connectivity index (χ1v) is 9.46. The zero-order chi connectivity index (χ0) is 19.8. The zero-order valence-corrected chi connectivity index (χ0v) is 17.3. The maximum Gasteiger partial charge on any atom is 0.269 e. The third-order valence-corrected chi connectivity index (χ3v) is 4.14. The molecule has 0 aliphatic heterocycles. The van der Waals surface area contributed by atoms with E-state index in [1.165, 1.54) is 0 Å². The van der Waals surface area contributed by atoms with E-state index < -0.39 is 5.91 Å². The Kier molecular flexibility index (Phi) is 7.75. The Bertz CT molecular complexity index is 828. The van der Waals surface area contributed by atoms with Gasteiger partial charge in [0.2, 0.25) is 0 Å². The summed E-state index contributed by atoms with van der Waals surface area (Å²) in [5.41, 5.74) is 5.81. The second kappa shape index (κ2) is 10.0. The van der Waals surface area contributed by atoms with Crippen LogP contribution in [0.5, 0.6) is 5.75 Å². The minimum atomic E-state index is -0.405. The molecule has 2 aromatic rings. The molecule has 0 aliphatic rings. The van der Waals surface area contributed by atoms with E-state index in [4.69, 9.17) is 17.0 Å². The van der Waals surface area contributed by atoms with E-state index in [2.05, 4.69) is 45.9 Å². The molecule has 6 nitrogen and oxygen atoms in total. The lowest BCUT2D eigenvalue weighted by Crippen LogP contribution is -2.48. The highest BCUT2D eigenvalue weighted by atomic mass is 79.9. The number of hydrogen-bond acceptors (Lipinski definition) is 4. The van der Waals surface area contributed by atoms with Crippen LogP contribution in [-0.2, 0) is 0 Å². The summed E-state index contributed by atoms with van der Waals surface area (Å²) in [5, 5.41) is 2.49. The number of ether oxygens (including phenoxy) is 1. The van der Waals surface area contributed by atoms with Crippen molar-refractivity contribution in [3.05, 3.63) is 64.1 Å². The summed E-state index contributed by atoms with van der Waals surface area (Å²) in [5.74, 6) is 0.296. The zero-order valence-electron chi connectivity index (χ0n) is 14.9. The van der Waals surface area contributed by atoms with Crippen molar-refractivity contribution in [1.29, 1.82) is 0 Å². The number of carbonyl (C=O) groups excluding carboxylic acids is 2. The van der Waals surface area contributed by atoms with E-state index in [1.54, 1.807) is 42.5 Å². The average Bonchev–Trinajstić information content (AvgIpc) is 2.65. The Labute approximate surface area is 171 Å². The largest absolute Gasteiger partial charge is 0.492 e. The van der Waals surface area contributed by atoms with Crippen LogP contribution < -0.4 is 20.9 Å². The number of halogens is 1. The minimum absolute atomic E-state index is 0.0134. The summed E-state index contributed by atoms with van der Waals surface area (Å²) in [7, 11) is 0. The first-order chi connectivity index (χ1) is 12.9. The van der Waals surface area contributed by atoms with E-state index in [0.717, 1.165) is 0 Å². The van der Waals surface area contributed by atoms with Gasteiger partial charge in [-0.15, -0.1) is 0 Å². The number of thiocarbonyl (C=S) groups is 1. The molecule has 0 spiro atoms. The van der Waals surface area contributed by atoms with Gasteiger partial charge < -0.3 is 4.74 Å². The molecule has 0 aromatic heterocycles. The fourth-order valence-corrected chi connectivity index (χ4v) is 2.63. The molecule has 8 heteroatoms. The van der Waals surface area contributed by atoms with Crippen LogP contribution in [0.1, 0.15) is 34.6 Å². The van der Waals surface area contributed by atoms with Crippen molar-refractivity contribution in [3.8, 4) is 5.75 Å². The summed E-state index contributed by atoms with van der Waals surface area (Å²) < 4.78 is 6.33. The molecular formula is C19H20BrN3O3S. The molecule has 0 saturated heterocycles. The van der Waals surface area contributed by atoms with Gasteiger partial charge in [0.05, 0.1) is 11.1 Å². The highest BCUT2D eigenvalue weighted by molar-refractivity contribution is 9.10. The second-order valence-corrected chi connectivity index (χ2v) is 7.34. The first kappa shape index (κ1) is 20.9. The molecule has 2 amide bonds.